The maximum atomic E-state index is 11.1. The highest BCUT2D eigenvalue weighted by Gasteiger charge is 2.07. The lowest BCUT2D eigenvalue weighted by Crippen LogP contribution is -2.33. The Hall–Kier alpha value is -0.990. The van der Waals surface area contributed by atoms with Crippen molar-refractivity contribution in [3.05, 3.63) is 12.8 Å². The topological polar surface area (TPSA) is 29.5 Å². The molecule has 0 radical (unpaired) electrons. The largest absolute Gasteiger partial charge is 0.492 e. The summed E-state index contributed by atoms with van der Waals surface area (Å²) in [6.07, 6.45) is 1.28. The third kappa shape index (κ3) is 3.65. The van der Waals surface area contributed by atoms with E-state index in [9.17, 15) is 4.79 Å². The van der Waals surface area contributed by atoms with Crippen molar-refractivity contribution < 1.29 is 9.53 Å². The molecular weight excluding hydrogens is 142 g/mol. The first kappa shape index (κ1) is 10.0. The Morgan fingerprint density at radius 3 is 2.45 bits per heavy atom. The fourth-order valence-electron chi connectivity index (χ4n) is 0.798. The Kier molecular flexibility index (Phi) is 5.25. The number of hydrogen-bond acceptors (Lipinski definition) is 2. The number of ether oxygens (including phenoxy) is 1. The molecule has 0 atom stereocenters. The lowest BCUT2D eigenvalue weighted by molar-refractivity contribution is -0.133. The summed E-state index contributed by atoms with van der Waals surface area (Å²) in [7, 11) is 0. The number of hydrogen-bond donors (Lipinski definition) is 0. The Balaban J connectivity index is 3.69. The molecule has 0 aliphatic heterocycles. The molecule has 0 heterocycles. The van der Waals surface area contributed by atoms with E-state index in [1.807, 2.05) is 13.8 Å². The fraction of sp³-hybridized carbons (Fsp3) is 0.625. The Bertz CT molecular complexity index is 130. The van der Waals surface area contributed by atoms with Crippen molar-refractivity contribution in [2.45, 2.75) is 13.8 Å². The van der Waals surface area contributed by atoms with E-state index in [1.54, 1.807) is 4.90 Å². The van der Waals surface area contributed by atoms with Crippen LogP contribution in [0.15, 0.2) is 12.8 Å². The Morgan fingerprint density at radius 1 is 1.55 bits per heavy atom. The van der Waals surface area contributed by atoms with Crippen LogP contribution in [0.5, 0.6) is 0 Å². The molecule has 0 saturated heterocycles. The average Bonchev–Trinajstić information content (AvgIpc) is 2.03. The van der Waals surface area contributed by atoms with Gasteiger partial charge in [0.1, 0.15) is 0 Å². The molecule has 0 aromatic heterocycles. The van der Waals surface area contributed by atoms with Crippen molar-refractivity contribution in [1.29, 1.82) is 0 Å². The second-order valence-electron chi connectivity index (χ2n) is 2.04. The van der Waals surface area contributed by atoms with E-state index in [0.717, 1.165) is 13.1 Å². The number of nitrogens with zero attached hydrogens (tertiary/aromatic N) is 1. The Morgan fingerprint density at radius 2 is 2.09 bits per heavy atom. The third-order valence-electron chi connectivity index (χ3n) is 1.44. The first-order valence-electron chi connectivity index (χ1n) is 3.76. The summed E-state index contributed by atoms with van der Waals surface area (Å²) in [6, 6.07) is 0. The molecule has 3 nitrogen and oxygen atoms in total. The SMILES string of the molecule is C=COCC(=O)N(CC)CC. The van der Waals surface area contributed by atoms with Crippen LogP contribution in [-0.4, -0.2) is 30.5 Å². The van der Waals surface area contributed by atoms with E-state index in [1.165, 1.54) is 6.26 Å². The van der Waals surface area contributed by atoms with Gasteiger partial charge in [0.05, 0.1) is 6.26 Å². The van der Waals surface area contributed by atoms with E-state index < -0.39 is 0 Å². The van der Waals surface area contributed by atoms with Crippen LogP contribution in [0.2, 0.25) is 0 Å². The lowest BCUT2D eigenvalue weighted by atomic mass is 10.5. The van der Waals surface area contributed by atoms with Gasteiger partial charge in [-0.3, -0.25) is 4.79 Å². The molecule has 0 aromatic carbocycles. The van der Waals surface area contributed by atoms with E-state index in [-0.39, 0.29) is 12.5 Å². The fourth-order valence-corrected chi connectivity index (χ4v) is 0.798. The minimum atomic E-state index is 0.00917. The second-order valence-corrected chi connectivity index (χ2v) is 2.04. The van der Waals surface area contributed by atoms with Gasteiger partial charge in [-0.25, -0.2) is 0 Å². The van der Waals surface area contributed by atoms with Gasteiger partial charge in [-0.2, -0.15) is 0 Å². The first-order chi connectivity index (χ1) is 5.26. The maximum Gasteiger partial charge on any atom is 0.260 e. The molecule has 0 rings (SSSR count). The van der Waals surface area contributed by atoms with Crippen molar-refractivity contribution in [3.8, 4) is 0 Å². The number of rotatable bonds is 5. The second kappa shape index (κ2) is 5.77. The zero-order chi connectivity index (χ0) is 8.69. The molecule has 3 heteroatoms. The highest BCUT2D eigenvalue weighted by atomic mass is 16.5. The summed E-state index contributed by atoms with van der Waals surface area (Å²) in [5.41, 5.74) is 0. The van der Waals surface area contributed by atoms with Crippen LogP contribution >= 0.6 is 0 Å². The van der Waals surface area contributed by atoms with Gasteiger partial charge < -0.3 is 9.64 Å². The van der Waals surface area contributed by atoms with Crippen molar-refractivity contribution in [2.75, 3.05) is 19.7 Å². The van der Waals surface area contributed by atoms with Gasteiger partial charge in [-0.05, 0) is 13.8 Å². The number of carbonyl (C=O) groups is 1. The van der Waals surface area contributed by atoms with Gasteiger partial charge in [0.2, 0.25) is 0 Å². The summed E-state index contributed by atoms with van der Waals surface area (Å²) in [5.74, 6) is 0.00917. The van der Waals surface area contributed by atoms with Crippen LogP contribution in [-0.2, 0) is 9.53 Å². The molecule has 0 bridgehead atoms. The molecule has 0 N–H and O–H groups in total. The molecule has 11 heavy (non-hydrogen) atoms. The highest BCUT2D eigenvalue weighted by molar-refractivity contribution is 5.77. The van der Waals surface area contributed by atoms with Gasteiger partial charge in [0.25, 0.3) is 5.91 Å². The van der Waals surface area contributed by atoms with Crippen LogP contribution in [0.1, 0.15) is 13.8 Å². The van der Waals surface area contributed by atoms with E-state index in [4.69, 9.17) is 4.74 Å². The monoisotopic (exact) mass is 157 g/mol. The number of amides is 1. The minimum Gasteiger partial charge on any atom is -0.492 e. The standard InChI is InChI=1S/C8H15NO2/c1-4-9(5-2)8(10)7-11-6-3/h6H,3-5,7H2,1-2H3. The molecule has 0 spiro atoms. The van der Waals surface area contributed by atoms with Crippen LogP contribution in [0.3, 0.4) is 0 Å². The molecule has 0 unspecified atom stereocenters. The van der Waals surface area contributed by atoms with Gasteiger partial charge in [0, 0.05) is 13.1 Å². The van der Waals surface area contributed by atoms with Crippen molar-refractivity contribution in [2.24, 2.45) is 0 Å². The molecule has 0 aliphatic carbocycles. The van der Waals surface area contributed by atoms with E-state index >= 15 is 0 Å². The summed E-state index contributed by atoms with van der Waals surface area (Å²) >= 11 is 0. The van der Waals surface area contributed by atoms with Gasteiger partial charge in [-0.15, -0.1) is 0 Å². The number of likely N-dealkylation sites (N-methyl/N-ethyl adjacent to an activating group) is 1. The van der Waals surface area contributed by atoms with Crippen LogP contribution < -0.4 is 0 Å². The first-order valence-corrected chi connectivity index (χ1v) is 3.76. The Labute approximate surface area is 67.6 Å². The van der Waals surface area contributed by atoms with Crippen LogP contribution in [0.25, 0.3) is 0 Å². The maximum absolute atomic E-state index is 11.1. The zero-order valence-electron chi connectivity index (χ0n) is 7.17. The summed E-state index contributed by atoms with van der Waals surface area (Å²) in [4.78, 5) is 12.8. The molecule has 0 aromatic rings. The summed E-state index contributed by atoms with van der Waals surface area (Å²) < 4.78 is 4.75. The van der Waals surface area contributed by atoms with Gasteiger partial charge in [-0.1, -0.05) is 6.58 Å². The van der Waals surface area contributed by atoms with Crippen LogP contribution in [0, 0.1) is 0 Å². The minimum absolute atomic E-state index is 0.00917. The van der Waals surface area contributed by atoms with Crippen molar-refractivity contribution in [3.63, 3.8) is 0 Å². The van der Waals surface area contributed by atoms with Crippen LogP contribution in [0.4, 0.5) is 0 Å². The quantitative estimate of drug-likeness (QED) is 0.557. The smallest absolute Gasteiger partial charge is 0.260 e. The van der Waals surface area contributed by atoms with Gasteiger partial charge >= 0.3 is 0 Å². The molecular formula is C8H15NO2. The molecule has 0 aliphatic rings. The van der Waals surface area contributed by atoms with E-state index in [0.29, 0.717) is 0 Å². The summed E-state index contributed by atoms with van der Waals surface area (Å²) in [5, 5.41) is 0. The predicted octanol–water partition coefficient (Wildman–Crippen LogP) is 1.01. The normalized spacial score (nSPS) is 8.91. The molecule has 0 saturated carbocycles. The van der Waals surface area contributed by atoms with Crippen molar-refractivity contribution >= 4 is 5.91 Å². The van der Waals surface area contributed by atoms with Crippen molar-refractivity contribution in [1.82, 2.24) is 4.90 Å². The average molecular weight is 157 g/mol. The summed E-state index contributed by atoms with van der Waals surface area (Å²) in [6.45, 7) is 8.80. The zero-order valence-corrected chi connectivity index (χ0v) is 7.17. The highest BCUT2D eigenvalue weighted by Crippen LogP contribution is 1.89. The third-order valence-corrected chi connectivity index (χ3v) is 1.44. The van der Waals surface area contributed by atoms with Gasteiger partial charge in [0.15, 0.2) is 6.61 Å². The lowest BCUT2D eigenvalue weighted by Gasteiger charge is -2.17. The number of carbonyl (C=O) groups excluding carboxylic acids is 1. The predicted molar refractivity (Wildman–Crippen MR) is 44.1 cm³/mol. The van der Waals surface area contributed by atoms with E-state index in [2.05, 4.69) is 6.58 Å². The molecule has 0 fully saturated rings. The molecule has 64 valence electrons. The molecule has 1 amide bonds.